The summed E-state index contributed by atoms with van der Waals surface area (Å²) in [6.07, 6.45) is 2.42. The van der Waals surface area contributed by atoms with Crippen molar-refractivity contribution >= 4 is 17.8 Å². The molecule has 0 atom stereocenters. The van der Waals surface area contributed by atoms with Crippen molar-refractivity contribution in [3.8, 4) is 0 Å². The van der Waals surface area contributed by atoms with Gasteiger partial charge in [0.15, 0.2) is 5.78 Å². The SMILES string of the molecule is COC(=O)c1ccccc1/C=C1/Cc2c(C)cc(C)cc2C1=O. The maximum Gasteiger partial charge on any atom is 0.338 e. The summed E-state index contributed by atoms with van der Waals surface area (Å²) < 4.78 is 4.81. The predicted molar refractivity (Wildman–Crippen MR) is 89.7 cm³/mol. The zero-order valence-corrected chi connectivity index (χ0v) is 13.5. The van der Waals surface area contributed by atoms with Gasteiger partial charge in [0.1, 0.15) is 0 Å². The summed E-state index contributed by atoms with van der Waals surface area (Å²) in [4.78, 5) is 24.5. The monoisotopic (exact) mass is 306 g/mol. The normalized spacial score (nSPS) is 14.9. The molecular weight excluding hydrogens is 288 g/mol. The number of benzene rings is 2. The lowest BCUT2D eigenvalue weighted by Crippen LogP contribution is -2.04. The Morgan fingerprint density at radius 3 is 2.65 bits per heavy atom. The first-order chi connectivity index (χ1) is 11.0. The maximum absolute atomic E-state index is 12.7. The molecule has 0 aromatic heterocycles. The molecule has 3 rings (SSSR count). The lowest BCUT2D eigenvalue weighted by Gasteiger charge is -2.04. The number of aryl methyl sites for hydroxylation is 2. The van der Waals surface area contributed by atoms with Gasteiger partial charge < -0.3 is 4.74 Å². The zero-order chi connectivity index (χ0) is 16.6. The van der Waals surface area contributed by atoms with Crippen molar-refractivity contribution in [3.05, 3.63) is 75.4 Å². The van der Waals surface area contributed by atoms with Crippen molar-refractivity contribution in [1.82, 2.24) is 0 Å². The molecule has 2 aromatic rings. The molecule has 116 valence electrons. The first-order valence-electron chi connectivity index (χ1n) is 7.54. The quantitative estimate of drug-likeness (QED) is 0.624. The summed E-state index contributed by atoms with van der Waals surface area (Å²) in [5, 5.41) is 0. The standard InChI is InChI=1S/C20H18O3/c1-12-8-13(2)17-11-15(19(21)18(17)9-12)10-14-6-4-5-7-16(14)20(22)23-3/h4-10H,11H2,1-3H3/b15-10-. The average molecular weight is 306 g/mol. The van der Waals surface area contributed by atoms with Crippen LogP contribution in [0.5, 0.6) is 0 Å². The van der Waals surface area contributed by atoms with Gasteiger partial charge in [0, 0.05) is 17.6 Å². The zero-order valence-electron chi connectivity index (χ0n) is 13.5. The minimum atomic E-state index is -0.396. The van der Waals surface area contributed by atoms with Crippen LogP contribution in [0, 0.1) is 13.8 Å². The Labute approximate surface area is 135 Å². The Balaban J connectivity index is 2.05. The molecule has 0 amide bonds. The van der Waals surface area contributed by atoms with E-state index in [9.17, 15) is 9.59 Å². The number of hydrogen-bond donors (Lipinski definition) is 0. The topological polar surface area (TPSA) is 43.4 Å². The second kappa shape index (κ2) is 5.84. The van der Waals surface area contributed by atoms with E-state index in [-0.39, 0.29) is 5.78 Å². The minimum absolute atomic E-state index is 0.0477. The molecule has 3 heteroatoms. The van der Waals surface area contributed by atoms with Crippen LogP contribution >= 0.6 is 0 Å². The first kappa shape index (κ1) is 15.2. The van der Waals surface area contributed by atoms with Crippen LogP contribution in [0.15, 0.2) is 42.0 Å². The van der Waals surface area contributed by atoms with Gasteiger partial charge in [-0.1, -0.05) is 29.8 Å². The second-order valence-corrected chi connectivity index (χ2v) is 5.86. The van der Waals surface area contributed by atoms with Crippen LogP contribution in [0.1, 0.15) is 43.0 Å². The molecule has 23 heavy (non-hydrogen) atoms. The van der Waals surface area contributed by atoms with Crippen molar-refractivity contribution in [1.29, 1.82) is 0 Å². The van der Waals surface area contributed by atoms with Crippen LogP contribution in [0.25, 0.3) is 6.08 Å². The number of carbonyl (C=O) groups excluding carboxylic acids is 2. The predicted octanol–water partition coefficient (Wildman–Crippen LogP) is 3.91. The molecule has 1 aliphatic carbocycles. The van der Waals surface area contributed by atoms with Crippen molar-refractivity contribution in [2.45, 2.75) is 20.3 Å². The van der Waals surface area contributed by atoms with Crippen molar-refractivity contribution in [2.24, 2.45) is 0 Å². The van der Waals surface area contributed by atoms with Gasteiger partial charge in [0.2, 0.25) is 0 Å². The summed E-state index contributed by atoms with van der Waals surface area (Å²) in [7, 11) is 1.36. The van der Waals surface area contributed by atoms with Crippen LogP contribution in [0.3, 0.4) is 0 Å². The number of Topliss-reactive ketones (excluding diaryl/α,β-unsaturated/α-hetero) is 1. The fourth-order valence-corrected chi connectivity index (χ4v) is 3.10. The molecule has 0 bridgehead atoms. The van der Waals surface area contributed by atoms with E-state index >= 15 is 0 Å². The largest absolute Gasteiger partial charge is 0.465 e. The number of fused-ring (bicyclic) bond motifs is 1. The third-order valence-electron chi connectivity index (χ3n) is 4.22. The summed E-state index contributed by atoms with van der Waals surface area (Å²) in [6.45, 7) is 4.03. The van der Waals surface area contributed by atoms with Crippen LogP contribution in [0.2, 0.25) is 0 Å². The molecule has 3 nitrogen and oxygen atoms in total. The molecule has 1 aliphatic rings. The van der Waals surface area contributed by atoms with Gasteiger partial charge in [-0.2, -0.15) is 0 Å². The smallest absolute Gasteiger partial charge is 0.338 e. The number of ketones is 1. The van der Waals surface area contributed by atoms with Crippen LogP contribution in [0.4, 0.5) is 0 Å². The van der Waals surface area contributed by atoms with E-state index in [1.165, 1.54) is 7.11 Å². The summed E-state index contributed by atoms with van der Waals surface area (Å²) >= 11 is 0. The highest BCUT2D eigenvalue weighted by Gasteiger charge is 2.26. The average Bonchev–Trinajstić information content (AvgIpc) is 2.84. The lowest BCUT2D eigenvalue weighted by molar-refractivity contribution is 0.0600. The number of rotatable bonds is 2. The van der Waals surface area contributed by atoms with E-state index in [4.69, 9.17) is 4.74 Å². The van der Waals surface area contributed by atoms with E-state index in [1.807, 2.05) is 38.1 Å². The Morgan fingerprint density at radius 1 is 1.17 bits per heavy atom. The number of carbonyl (C=O) groups is 2. The Hall–Kier alpha value is -2.68. The van der Waals surface area contributed by atoms with Crippen molar-refractivity contribution in [3.63, 3.8) is 0 Å². The first-order valence-corrected chi connectivity index (χ1v) is 7.54. The molecule has 0 heterocycles. The fraction of sp³-hybridized carbons (Fsp3) is 0.200. The van der Waals surface area contributed by atoms with Gasteiger partial charge in [-0.25, -0.2) is 4.79 Å². The van der Waals surface area contributed by atoms with Gasteiger partial charge in [0.05, 0.1) is 12.7 Å². The number of ether oxygens (including phenoxy) is 1. The van der Waals surface area contributed by atoms with Gasteiger partial charge in [-0.3, -0.25) is 4.79 Å². The molecule has 0 unspecified atom stereocenters. The Morgan fingerprint density at radius 2 is 1.91 bits per heavy atom. The molecule has 0 spiro atoms. The number of hydrogen-bond acceptors (Lipinski definition) is 3. The number of methoxy groups -OCH3 is 1. The highest BCUT2D eigenvalue weighted by atomic mass is 16.5. The highest BCUT2D eigenvalue weighted by Crippen LogP contribution is 2.31. The molecular formula is C20H18O3. The van der Waals surface area contributed by atoms with E-state index in [0.717, 1.165) is 22.3 Å². The van der Waals surface area contributed by atoms with Gasteiger partial charge in [0.25, 0.3) is 0 Å². The summed E-state index contributed by atoms with van der Waals surface area (Å²) in [6, 6.07) is 11.2. The fourth-order valence-electron chi connectivity index (χ4n) is 3.10. The Bertz CT molecular complexity index is 844. The second-order valence-electron chi connectivity index (χ2n) is 5.86. The van der Waals surface area contributed by atoms with Crippen LogP contribution in [-0.4, -0.2) is 18.9 Å². The maximum atomic E-state index is 12.7. The summed E-state index contributed by atoms with van der Waals surface area (Å²) in [5.41, 5.74) is 5.99. The molecule has 0 aliphatic heterocycles. The third kappa shape index (κ3) is 2.70. The molecule has 0 saturated carbocycles. The number of esters is 1. The van der Waals surface area contributed by atoms with E-state index < -0.39 is 5.97 Å². The van der Waals surface area contributed by atoms with Crippen LogP contribution in [-0.2, 0) is 11.2 Å². The molecule has 0 saturated heterocycles. The third-order valence-corrected chi connectivity index (χ3v) is 4.22. The van der Waals surface area contributed by atoms with E-state index in [1.54, 1.807) is 12.1 Å². The minimum Gasteiger partial charge on any atom is -0.465 e. The number of allylic oxidation sites excluding steroid dienone is 1. The van der Waals surface area contributed by atoms with Gasteiger partial charge in [-0.15, -0.1) is 0 Å². The van der Waals surface area contributed by atoms with E-state index in [0.29, 0.717) is 23.1 Å². The lowest BCUT2D eigenvalue weighted by atomic mass is 10.0. The Kier molecular flexibility index (Phi) is 3.87. The molecule has 2 aromatic carbocycles. The molecule has 0 radical (unpaired) electrons. The van der Waals surface area contributed by atoms with Crippen molar-refractivity contribution in [2.75, 3.05) is 7.11 Å². The van der Waals surface area contributed by atoms with Crippen molar-refractivity contribution < 1.29 is 14.3 Å². The van der Waals surface area contributed by atoms with Gasteiger partial charge >= 0.3 is 5.97 Å². The van der Waals surface area contributed by atoms with E-state index in [2.05, 4.69) is 6.07 Å². The molecule has 0 N–H and O–H groups in total. The highest BCUT2D eigenvalue weighted by molar-refractivity contribution is 6.16. The summed E-state index contributed by atoms with van der Waals surface area (Å²) in [5.74, 6) is -0.348. The van der Waals surface area contributed by atoms with Crippen LogP contribution < -0.4 is 0 Å². The van der Waals surface area contributed by atoms with Gasteiger partial charge in [-0.05, 0) is 48.7 Å². The molecule has 0 fully saturated rings.